The smallest absolute Gasteiger partial charge is 0.0897 e. The van der Waals surface area contributed by atoms with Gasteiger partial charge in [0.15, 0.2) is 0 Å². The lowest BCUT2D eigenvalue weighted by Gasteiger charge is -2.22. The van der Waals surface area contributed by atoms with E-state index in [2.05, 4.69) is 26.1 Å². The highest BCUT2D eigenvalue weighted by atomic mass is 16.5. The molecule has 0 aromatic heterocycles. The van der Waals surface area contributed by atoms with E-state index in [1.54, 1.807) is 0 Å². The molecule has 0 heterocycles. The summed E-state index contributed by atoms with van der Waals surface area (Å²) >= 11 is 0. The van der Waals surface area contributed by atoms with Crippen LogP contribution in [-0.4, -0.2) is 37.0 Å². The molecular formula is C14H29NO2. The second kappa shape index (κ2) is 8.06. The molecule has 1 aliphatic rings. The molecule has 0 spiro atoms. The quantitative estimate of drug-likeness (QED) is 0.686. The Labute approximate surface area is 106 Å². The number of aliphatic hydroxyl groups excluding tert-OH is 1. The minimum Gasteiger partial charge on any atom is -0.389 e. The number of hydrogen-bond acceptors (Lipinski definition) is 3. The molecule has 0 aromatic carbocycles. The van der Waals surface area contributed by atoms with Gasteiger partial charge in [-0.1, -0.05) is 26.7 Å². The van der Waals surface area contributed by atoms with Crippen LogP contribution in [0.4, 0.5) is 0 Å². The summed E-state index contributed by atoms with van der Waals surface area (Å²) in [6.07, 6.45) is 5.05. The van der Waals surface area contributed by atoms with Crippen molar-refractivity contribution < 1.29 is 9.84 Å². The Hall–Kier alpha value is -0.120. The highest BCUT2D eigenvalue weighted by Gasteiger charge is 2.21. The predicted octanol–water partition coefficient (Wildman–Crippen LogP) is 2.19. The van der Waals surface area contributed by atoms with Gasteiger partial charge in [0.05, 0.1) is 12.7 Å². The summed E-state index contributed by atoms with van der Waals surface area (Å²) in [6.45, 7) is 8.30. The fourth-order valence-electron chi connectivity index (χ4n) is 2.44. The van der Waals surface area contributed by atoms with Crippen molar-refractivity contribution in [1.29, 1.82) is 0 Å². The van der Waals surface area contributed by atoms with Crippen LogP contribution in [0.5, 0.6) is 0 Å². The molecule has 3 heteroatoms. The van der Waals surface area contributed by atoms with E-state index in [0.29, 0.717) is 25.1 Å². The lowest BCUT2D eigenvalue weighted by molar-refractivity contribution is 0.0244. The number of nitrogens with one attached hydrogen (secondary N) is 1. The van der Waals surface area contributed by atoms with Crippen molar-refractivity contribution in [3.63, 3.8) is 0 Å². The SMILES string of the molecule is CC(C)COCC(O)CNC(C)C1CCCC1. The Morgan fingerprint density at radius 1 is 1.18 bits per heavy atom. The van der Waals surface area contributed by atoms with Crippen molar-refractivity contribution in [3.05, 3.63) is 0 Å². The molecule has 1 rings (SSSR count). The van der Waals surface area contributed by atoms with E-state index in [4.69, 9.17) is 4.74 Å². The summed E-state index contributed by atoms with van der Waals surface area (Å²) in [5.74, 6) is 1.34. The first-order valence-electron chi connectivity index (χ1n) is 7.08. The summed E-state index contributed by atoms with van der Waals surface area (Å²) in [5, 5.41) is 13.2. The average molecular weight is 243 g/mol. The third-order valence-electron chi connectivity index (χ3n) is 3.54. The van der Waals surface area contributed by atoms with Gasteiger partial charge in [-0.25, -0.2) is 0 Å². The Balaban J connectivity index is 2.03. The van der Waals surface area contributed by atoms with Crippen LogP contribution in [0, 0.1) is 11.8 Å². The molecule has 1 aliphatic carbocycles. The summed E-state index contributed by atoms with van der Waals surface area (Å²) in [7, 11) is 0. The van der Waals surface area contributed by atoms with Gasteiger partial charge in [0.1, 0.15) is 0 Å². The van der Waals surface area contributed by atoms with Crippen molar-refractivity contribution in [2.24, 2.45) is 11.8 Å². The first kappa shape index (κ1) is 14.9. The van der Waals surface area contributed by atoms with Crippen LogP contribution in [0.15, 0.2) is 0 Å². The molecule has 1 saturated carbocycles. The third kappa shape index (κ3) is 6.39. The Kier molecular flexibility index (Phi) is 7.09. The van der Waals surface area contributed by atoms with Gasteiger partial charge in [-0.3, -0.25) is 0 Å². The van der Waals surface area contributed by atoms with E-state index in [1.165, 1.54) is 25.7 Å². The zero-order valence-electron chi connectivity index (χ0n) is 11.6. The van der Waals surface area contributed by atoms with Gasteiger partial charge in [0.2, 0.25) is 0 Å². The molecule has 102 valence electrons. The maximum Gasteiger partial charge on any atom is 0.0897 e. The number of aliphatic hydroxyl groups is 1. The Morgan fingerprint density at radius 2 is 1.82 bits per heavy atom. The van der Waals surface area contributed by atoms with Crippen LogP contribution in [0.25, 0.3) is 0 Å². The van der Waals surface area contributed by atoms with Crippen LogP contribution in [0.1, 0.15) is 46.5 Å². The molecule has 0 aliphatic heterocycles. The van der Waals surface area contributed by atoms with E-state index in [0.717, 1.165) is 12.5 Å². The first-order chi connectivity index (χ1) is 8.09. The zero-order chi connectivity index (χ0) is 12.7. The number of hydrogen-bond donors (Lipinski definition) is 2. The molecule has 0 saturated heterocycles. The molecule has 0 radical (unpaired) electrons. The van der Waals surface area contributed by atoms with Gasteiger partial charge in [0.25, 0.3) is 0 Å². The van der Waals surface area contributed by atoms with E-state index in [-0.39, 0.29) is 6.10 Å². The summed E-state index contributed by atoms with van der Waals surface area (Å²) in [4.78, 5) is 0. The molecule has 2 N–H and O–H groups in total. The molecule has 17 heavy (non-hydrogen) atoms. The second-order valence-electron chi connectivity index (χ2n) is 5.83. The molecule has 0 aromatic rings. The van der Waals surface area contributed by atoms with Crippen molar-refractivity contribution in [2.75, 3.05) is 19.8 Å². The summed E-state index contributed by atoms with van der Waals surface area (Å²) in [5.41, 5.74) is 0. The summed E-state index contributed by atoms with van der Waals surface area (Å²) < 4.78 is 5.42. The normalized spacial score (nSPS) is 21.0. The van der Waals surface area contributed by atoms with Crippen molar-refractivity contribution in [1.82, 2.24) is 5.32 Å². The van der Waals surface area contributed by atoms with Crippen molar-refractivity contribution in [3.8, 4) is 0 Å². The lowest BCUT2D eigenvalue weighted by Crippen LogP contribution is -2.39. The van der Waals surface area contributed by atoms with Gasteiger partial charge in [-0.2, -0.15) is 0 Å². The Morgan fingerprint density at radius 3 is 2.41 bits per heavy atom. The fraction of sp³-hybridized carbons (Fsp3) is 1.00. The maximum absolute atomic E-state index is 9.77. The molecule has 1 fully saturated rings. The standard InChI is InChI=1S/C14H29NO2/c1-11(2)9-17-10-14(16)8-15-12(3)13-6-4-5-7-13/h11-16H,4-10H2,1-3H3. The van der Waals surface area contributed by atoms with Crippen LogP contribution >= 0.6 is 0 Å². The van der Waals surface area contributed by atoms with Crippen LogP contribution in [0.2, 0.25) is 0 Å². The van der Waals surface area contributed by atoms with Gasteiger partial charge in [-0.15, -0.1) is 0 Å². The molecule has 0 amide bonds. The third-order valence-corrected chi connectivity index (χ3v) is 3.54. The molecule has 2 unspecified atom stereocenters. The number of rotatable bonds is 8. The zero-order valence-corrected chi connectivity index (χ0v) is 11.6. The minimum absolute atomic E-state index is 0.377. The minimum atomic E-state index is -0.377. The lowest BCUT2D eigenvalue weighted by atomic mass is 10.00. The molecular weight excluding hydrogens is 214 g/mol. The fourth-order valence-corrected chi connectivity index (χ4v) is 2.44. The highest BCUT2D eigenvalue weighted by Crippen LogP contribution is 2.27. The van der Waals surface area contributed by atoms with Crippen LogP contribution in [0.3, 0.4) is 0 Å². The van der Waals surface area contributed by atoms with Gasteiger partial charge in [-0.05, 0) is 31.6 Å². The predicted molar refractivity (Wildman–Crippen MR) is 71.1 cm³/mol. The Bertz CT molecular complexity index is 191. The van der Waals surface area contributed by atoms with Crippen LogP contribution in [-0.2, 0) is 4.74 Å². The monoisotopic (exact) mass is 243 g/mol. The van der Waals surface area contributed by atoms with Gasteiger partial charge >= 0.3 is 0 Å². The van der Waals surface area contributed by atoms with E-state index < -0.39 is 0 Å². The molecule has 2 atom stereocenters. The van der Waals surface area contributed by atoms with Crippen molar-refractivity contribution >= 4 is 0 Å². The van der Waals surface area contributed by atoms with E-state index >= 15 is 0 Å². The van der Waals surface area contributed by atoms with E-state index in [1.807, 2.05) is 0 Å². The number of ether oxygens (including phenoxy) is 1. The maximum atomic E-state index is 9.77. The summed E-state index contributed by atoms with van der Waals surface area (Å²) in [6, 6.07) is 0.525. The topological polar surface area (TPSA) is 41.5 Å². The second-order valence-corrected chi connectivity index (χ2v) is 5.83. The van der Waals surface area contributed by atoms with Gasteiger partial charge in [0, 0.05) is 19.2 Å². The van der Waals surface area contributed by atoms with Crippen molar-refractivity contribution in [2.45, 2.75) is 58.6 Å². The van der Waals surface area contributed by atoms with Gasteiger partial charge < -0.3 is 15.2 Å². The first-order valence-corrected chi connectivity index (χ1v) is 7.08. The van der Waals surface area contributed by atoms with Crippen LogP contribution < -0.4 is 5.32 Å². The van der Waals surface area contributed by atoms with E-state index in [9.17, 15) is 5.11 Å². The molecule has 3 nitrogen and oxygen atoms in total. The average Bonchev–Trinajstić information content (AvgIpc) is 2.78. The molecule has 0 bridgehead atoms. The highest BCUT2D eigenvalue weighted by molar-refractivity contribution is 4.78. The largest absolute Gasteiger partial charge is 0.389 e.